The van der Waals surface area contributed by atoms with Crippen LogP contribution in [0, 0.1) is 5.41 Å². The van der Waals surface area contributed by atoms with Gasteiger partial charge in [-0.25, -0.2) is 0 Å². The molecule has 19 heavy (non-hydrogen) atoms. The minimum atomic E-state index is -5.93. The number of hydrogen-bond donors (Lipinski definition) is 1. The Morgan fingerprint density at radius 3 is 2.16 bits per heavy atom. The standard InChI is InChI=1S/C10H13F5N2O2/c1-8(6(18)16-2)3-4-17(5-8)7(19)9(11,12)10(13,14)15/h3-5H2,1-2H3,(H,16,18). The third-order valence-corrected chi connectivity index (χ3v) is 3.16. The fourth-order valence-electron chi connectivity index (χ4n) is 1.94. The molecule has 0 saturated carbocycles. The number of nitrogens with zero attached hydrogens (tertiary/aromatic N) is 1. The maximum absolute atomic E-state index is 12.9. The van der Waals surface area contributed by atoms with Crippen molar-refractivity contribution in [2.75, 3.05) is 20.1 Å². The van der Waals surface area contributed by atoms with Crippen LogP contribution in [0.1, 0.15) is 13.3 Å². The van der Waals surface area contributed by atoms with Gasteiger partial charge in [0.05, 0.1) is 5.41 Å². The zero-order valence-electron chi connectivity index (χ0n) is 10.3. The highest BCUT2D eigenvalue weighted by Gasteiger charge is 2.65. The van der Waals surface area contributed by atoms with Crippen LogP contribution < -0.4 is 5.32 Å². The highest BCUT2D eigenvalue weighted by Crippen LogP contribution is 2.39. The summed E-state index contributed by atoms with van der Waals surface area (Å²) in [5.41, 5.74) is -1.15. The van der Waals surface area contributed by atoms with Crippen LogP contribution in [0.3, 0.4) is 0 Å². The summed E-state index contributed by atoms with van der Waals surface area (Å²) in [6.07, 6.45) is -5.90. The lowest BCUT2D eigenvalue weighted by Crippen LogP contribution is -2.52. The van der Waals surface area contributed by atoms with E-state index in [4.69, 9.17) is 0 Å². The van der Waals surface area contributed by atoms with Crippen LogP contribution in [0.4, 0.5) is 22.0 Å². The van der Waals surface area contributed by atoms with Crippen LogP contribution in [0.5, 0.6) is 0 Å². The van der Waals surface area contributed by atoms with Crippen molar-refractivity contribution in [3.63, 3.8) is 0 Å². The SMILES string of the molecule is CNC(=O)C1(C)CCN(C(=O)C(F)(F)C(F)(F)F)C1. The molecule has 0 radical (unpaired) electrons. The van der Waals surface area contributed by atoms with E-state index in [1.165, 1.54) is 14.0 Å². The van der Waals surface area contributed by atoms with Gasteiger partial charge in [-0.05, 0) is 13.3 Å². The Kier molecular flexibility index (Phi) is 3.79. The molecule has 1 fully saturated rings. The highest BCUT2D eigenvalue weighted by molar-refractivity contribution is 5.87. The summed E-state index contributed by atoms with van der Waals surface area (Å²) in [5, 5.41) is 2.29. The molecule has 4 nitrogen and oxygen atoms in total. The zero-order valence-corrected chi connectivity index (χ0v) is 10.3. The molecule has 1 aliphatic rings. The number of hydrogen-bond acceptors (Lipinski definition) is 2. The summed E-state index contributed by atoms with van der Waals surface area (Å²) in [5.74, 6) is -8.24. The van der Waals surface area contributed by atoms with E-state index in [2.05, 4.69) is 5.32 Å². The molecule has 1 unspecified atom stereocenters. The largest absolute Gasteiger partial charge is 0.463 e. The first-order valence-corrected chi connectivity index (χ1v) is 5.42. The third kappa shape index (κ3) is 2.64. The molecule has 9 heteroatoms. The van der Waals surface area contributed by atoms with Crippen molar-refractivity contribution >= 4 is 11.8 Å². The van der Waals surface area contributed by atoms with Gasteiger partial charge >= 0.3 is 18.0 Å². The summed E-state index contributed by atoms with van der Waals surface area (Å²) in [7, 11) is 1.32. The summed E-state index contributed by atoms with van der Waals surface area (Å²) in [6, 6.07) is 0. The first-order chi connectivity index (χ1) is 8.45. The number of nitrogens with one attached hydrogen (secondary N) is 1. The number of rotatable bonds is 2. The van der Waals surface area contributed by atoms with E-state index < -0.39 is 35.9 Å². The minimum absolute atomic E-state index is 0.0341. The molecule has 0 aromatic rings. The number of amides is 2. The van der Waals surface area contributed by atoms with Gasteiger partial charge in [0.15, 0.2) is 0 Å². The first-order valence-electron chi connectivity index (χ1n) is 5.42. The number of halogens is 5. The lowest BCUT2D eigenvalue weighted by molar-refractivity contribution is -0.274. The Bertz CT molecular complexity index is 396. The van der Waals surface area contributed by atoms with E-state index in [1.54, 1.807) is 0 Å². The van der Waals surface area contributed by atoms with Crippen molar-refractivity contribution in [1.82, 2.24) is 10.2 Å². The maximum atomic E-state index is 12.9. The lowest BCUT2D eigenvalue weighted by atomic mass is 9.89. The van der Waals surface area contributed by atoms with E-state index in [0.717, 1.165) is 0 Å². The van der Waals surface area contributed by atoms with Gasteiger partial charge in [0.25, 0.3) is 0 Å². The van der Waals surface area contributed by atoms with Crippen molar-refractivity contribution < 1.29 is 31.5 Å². The molecule has 1 saturated heterocycles. The summed E-state index contributed by atoms with van der Waals surface area (Å²) < 4.78 is 62.0. The van der Waals surface area contributed by atoms with Gasteiger partial charge in [0, 0.05) is 20.1 Å². The second-order valence-corrected chi connectivity index (χ2v) is 4.69. The predicted octanol–water partition coefficient (Wildman–Crippen LogP) is 1.17. The number of likely N-dealkylation sites (tertiary alicyclic amines) is 1. The van der Waals surface area contributed by atoms with E-state index in [9.17, 15) is 31.5 Å². The maximum Gasteiger partial charge on any atom is 0.463 e. The number of alkyl halides is 5. The van der Waals surface area contributed by atoms with E-state index in [1.807, 2.05) is 0 Å². The molecular formula is C10H13F5N2O2. The third-order valence-electron chi connectivity index (χ3n) is 3.16. The smallest absolute Gasteiger partial charge is 0.359 e. The zero-order chi connectivity index (χ0) is 15.1. The Labute approximate surface area is 105 Å². The quantitative estimate of drug-likeness (QED) is 0.775. The average Bonchev–Trinajstić information content (AvgIpc) is 2.69. The first kappa shape index (κ1) is 15.6. The van der Waals surface area contributed by atoms with Gasteiger partial charge in [-0.15, -0.1) is 0 Å². The molecule has 110 valence electrons. The normalized spacial score (nSPS) is 24.5. The van der Waals surface area contributed by atoms with Gasteiger partial charge in [0.2, 0.25) is 5.91 Å². The Hall–Kier alpha value is -1.41. The summed E-state index contributed by atoms with van der Waals surface area (Å²) in [4.78, 5) is 23.1. The summed E-state index contributed by atoms with van der Waals surface area (Å²) >= 11 is 0. The molecule has 1 N–H and O–H groups in total. The fourth-order valence-corrected chi connectivity index (χ4v) is 1.94. The predicted molar refractivity (Wildman–Crippen MR) is 54.4 cm³/mol. The molecule has 1 atom stereocenters. The van der Waals surface area contributed by atoms with Crippen LogP contribution in [-0.2, 0) is 9.59 Å². The van der Waals surface area contributed by atoms with E-state index in [0.29, 0.717) is 4.90 Å². The molecule has 1 rings (SSSR count). The molecule has 0 aromatic heterocycles. The van der Waals surface area contributed by atoms with Gasteiger partial charge < -0.3 is 10.2 Å². The fraction of sp³-hybridized carbons (Fsp3) is 0.800. The topological polar surface area (TPSA) is 49.4 Å². The van der Waals surface area contributed by atoms with E-state index in [-0.39, 0.29) is 13.0 Å². The average molecular weight is 288 g/mol. The van der Waals surface area contributed by atoms with Crippen LogP contribution in [-0.4, -0.2) is 49.0 Å². The van der Waals surface area contributed by atoms with E-state index >= 15 is 0 Å². The van der Waals surface area contributed by atoms with Crippen LogP contribution in [0.2, 0.25) is 0 Å². The van der Waals surface area contributed by atoms with Crippen molar-refractivity contribution in [3.05, 3.63) is 0 Å². The van der Waals surface area contributed by atoms with Gasteiger partial charge in [-0.3, -0.25) is 9.59 Å². The Morgan fingerprint density at radius 2 is 1.74 bits per heavy atom. The van der Waals surface area contributed by atoms with Crippen molar-refractivity contribution in [1.29, 1.82) is 0 Å². The molecule has 1 heterocycles. The molecule has 0 spiro atoms. The molecular weight excluding hydrogens is 275 g/mol. The second kappa shape index (κ2) is 4.61. The lowest BCUT2D eigenvalue weighted by Gasteiger charge is -2.26. The minimum Gasteiger partial charge on any atom is -0.359 e. The second-order valence-electron chi connectivity index (χ2n) is 4.69. The number of carbonyl (C=O) groups excluding carboxylic acids is 2. The molecule has 0 aromatic carbocycles. The van der Waals surface area contributed by atoms with Crippen LogP contribution in [0.25, 0.3) is 0 Å². The Morgan fingerprint density at radius 1 is 1.21 bits per heavy atom. The van der Waals surface area contributed by atoms with Crippen LogP contribution >= 0.6 is 0 Å². The molecule has 0 aliphatic carbocycles. The van der Waals surface area contributed by atoms with Crippen molar-refractivity contribution in [2.24, 2.45) is 5.41 Å². The molecule has 1 aliphatic heterocycles. The van der Waals surface area contributed by atoms with Crippen LogP contribution in [0.15, 0.2) is 0 Å². The monoisotopic (exact) mass is 288 g/mol. The van der Waals surface area contributed by atoms with Crippen molar-refractivity contribution in [3.8, 4) is 0 Å². The number of carbonyl (C=O) groups is 2. The van der Waals surface area contributed by atoms with Crippen molar-refractivity contribution in [2.45, 2.75) is 25.4 Å². The van der Waals surface area contributed by atoms with Gasteiger partial charge in [0.1, 0.15) is 0 Å². The van der Waals surface area contributed by atoms with Gasteiger partial charge in [-0.1, -0.05) is 0 Å². The molecule has 2 amide bonds. The highest BCUT2D eigenvalue weighted by atomic mass is 19.4. The molecule has 0 bridgehead atoms. The van der Waals surface area contributed by atoms with Gasteiger partial charge in [-0.2, -0.15) is 22.0 Å². The summed E-state index contributed by atoms with van der Waals surface area (Å²) in [6.45, 7) is 0.635. The Balaban J connectivity index is 2.86.